The molecule has 0 fully saturated rings. The number of hydrogen-bond acceptors (Lipinski definition) is 4. The van der Waals surface area contributed by atoms with Crippen molar-refractivity contribution in [3.8, 4) is 28.1 Å². The Morgan fingerprint density at radius 1 is 0.852 bits per heavy atom. The zero-order valence-electron chi connectivity index (χ0n) is 15.4. The zero-order chi connectivity index (χ0) is 18.8. The molecule has 27 heavy (non-hydrogen) atoms. The van der Waals surface area contributed by atoms with Crippen molar-refractivity contribution in [2.24, 2.45) is 0 Å². The Hall–Kier alpha value is -3.40. The summed E-state index contributed by atoms with van der Waals surface area (Å²) < 4.78 is 5.84. The molecule has 0 saturated carbocycles. The van der Waals surface area contributed by atoms with E-state index in [0.29, 0.717) is 0 Å². The van der Waals surface area contributed by atoms with E-state index in [2.05, 4.69) is 34.2 Å². The second-order valence-corrected chi connectivity index (χ2v) is 6.73. The summed E-state index contributed by atoms with van der Waals surface area (Å²) in [6, 6.07) is 20.0. The number of aromatic nitrogens is 2. The van der Waals surface area contributed by atoms with Gasteiger partial charge in [-0.3, -0.25) is 9.97 Å². The molecule has 0 aliphatic heterocycles. The average molecular weight is 355 g/mol. The predicted octanol–water partition coefficient (Wildman–Crippen LogP) is 5.33. The molecular formula is C23H21N3O. The van der Waals surface area contributed by atoms with E-state index in [-0.39, 0.29) is 6.10 Å². The van der Waals surface area contributed by atoms with E-state index in [0.717, 1.165) is 44.7 Å². The van der Waals surface area contributed by atoms with Crippen molar-refractivity contribution >= 4 is 16.6 Å². The lowest BCUT2D eigenvalue weighted by molar-refractivity contribution is 0.242. The van der Waals surface area contributed by atoms with Gasteiger partial charge < -0.3 is 10.5 Å². The fraction of sp³-hybridized carbons (Fsp3) is 0.130. The molecule has 0 atom stereocenters. The smallest absolute Gasteiger partial charge is 0.120 e. The molecule has 2 aromatic carbocycles. The molecule has 0 radical (unpaired) electrons. The van der Waals surface area contributed by atoms with Crippen LogP contribution in [-0.4, -0.2) is 16.1 Å². The molecule has 0 aliphatic rings. The standard InChI is InChI=1S/C23H21N3O/c1-15(2)27-18-6-3-5-17(13-18)23-19(7-4-11-26-23)16-8-9-22-20(14-16)21(24)10-12-25-22/h3-15H,1-2H3,(H2,24,25). The lowest BCUT2D eigenvalue weighted by Gasteiger charge is -2.13. The van der Waals surface area contributed by atoms with Crippen molar-refractivity contribution in [2.75, 3.05) is 5.73 Å². The SMILES string of the molecule is CC(C)Oc1cccc(-c2ncccc2-c2ccc3nccc(N)c3c2)c1. The number of pyridine rings is 2. The van der Waals surface area contributed by atoms with Crippen LogP contribution in [0.3, 0.4) is 0 Å². The van der Waals surface area contributed by atoms with Gasteiger partial charge in [-0.1, -0.05) is 24.3 Å². The van der Waals surface area contributed by atoms with Crippen LogP contribution in [-0.2, 0) is 0 Å². The van der Waals surface area contributed by atoms with E-state index < -0.39 is 0 Å². The number of rotatable bonds is 4. The number of nitrogen functional groups attached to an aromatic ring is 1. The van der Waals surface area contributed by atoms with Gasteiger partial charge in [0, 0.05) is 34.6 Å². The molecule has 2 heterocycles. The minimum absolute atomic E-state index is 0.124. The van der Waals surface area contributed by atoms with E-state index in [1.807, 2.05) is 56.4 Å². The van der Waals surface area contributed by atoms with Crippen molar-refractivity contribution in [1.82, 2.24) is 9.97 Å². The molecule has 4 rings (SSSR count). The molecule has 4 nitrogen and oxygen atoms in total. The van der Waals surface area contributed by atoms with E-state index >= 15 is 0 Å². The molecule has 2 aromatic heterocycles. The van der Waals surface area contributed by atoms with E-state index in [4.69, 9.17) is 10.5 Å². The molecule has 0 aliphatic carbocycles. The molecule has 2 N–H and O–H groups in total. The highest BCUT2D eigenvalue weighted by Gasteiger charge is 2.11. The third-order valence-corrected chi connectivity index (χ3v) is 4.37. The van der Waals surface area contributed by atoms with Crippen LogP contribution in [0.2, 0.25) is 0 Å². The largest absolute Gasteiger partial charge is 0.491 e. The first-order valence-corrected chi connectivity index (χ1v) is 8.98. The number of ether oxygens (including phenoxy) is 1. The lowest BCUT2D eigenvalue weighted by atomic mass is 9.97. The van der Waals surface area contributed by atoms with Crippen LogP contribution in [0.5, 0.6) is 5.75 Å². The first kappa shape index (κ1) is 17.0. The predicted molar refractivity (Wildman–Crippen MR) is 111 cm³/mol. The van der Waals surface area contributed by atoms with Gasteiger partial charge in [-0.25, -0.2) is 0 Å². The summed E-state index contributed by atoms with van der Waals surface area (Å²) >= 11 is 0. The van der Waals surface area contributed by atoms with E-state index in [1.54, 1.807) is 6.20 Å². The van der Waals surface area contributed by atoms with Crippen LogP contribution in [0.1, 0.15) is 13.8 Å². The summed E-state index contributed by atoms with van der Waals surface area (Å²) in [4.78, 5) is 9.03. The van der Waals surface area contributed by atoms with Gasteiger partial charge >= 0.3 is 0 Å². The van der Waals surface area contributed by atoms with Crippen molar-refractivity contribution in [1.29, 1.82) is 0 Å². The van der Waals surface area contributed by atoms with E-state index in [9.17, 15) is 0 Å². The Balaban J connectivity index is 1.84. The number of fused-ring (bicyclic) bond motifs is 1. The van der Waals surface area contributed by atoms with Gasteiger partial charge in [-0.2, -0.15) is 0 Å². The average Bonchev–Trinajstić information content (AvgIpc) is 2.68. The molecule has 4 heteroatoms. The number of benzene rings is 2. The maximum atomic E-state index is 6.15. The zero-order valence-corrected chi connectivity index (χ0v) is 15.4. The monoisotopic (exact) mass is 355 g/mol. The highest BCUT2D eigenvalue weighted by atomic mass is 16.5. The van der Waals surface area contributed by atoms with Crippen molar-refractivity contribution in [3.05, 3.63) is 73.1 Å². The van der Waals surface area contributed by atoms with Gasteiger partial charge in [0.05, 0.1) is 17.3 Å². The summed E-state index contributed by atoms with van der Waals surface area (Å²) in [5.74, 6) is 0.839. The Morgan fingerprint density at radius 2 is 1.74 bits per heavy atom. The second kappa shape index (κ2) is 7.08. The van der Waals surface area contributed by atoms with Crippen molar-refractivity contribution in [2.45, 2.75) is 20.0 Å². The van der Waals surface area contributed by atoms with Gasteiger partial charge in [0.2, 0.25) is 0 Å². The topological polar surface area (TPSA) is 61.0 Å². The van der Waals surface area contributed by atoms with E-state index in [1.165, 1.54) is 0 Å². The second-order valence-electron chi connectivity index (χ2n) is 6.73. The fourth-order valence-electron chi connectivity index (χ4n) is 3.19. The summed E-state index contributed by atoms with van der Waals surface area (Å²) in [5, 5.41) is 0.946. The quantitative estimate of drug-likeness (QED) is 0.537. The Labute approximate surface area is 158 Å². The van der Waals surface area contributed by atoms with Gasteiger partial charge in [-0.05, 0) is 55.8 Å². The molecule has 0 bridgehead atoms. The lowest BCUT2D eigenvalue weighted by Crippen LogP contribution is -2.05. The normalized spacial score (nSPS) is 11.1. The summed E-state index contributed by atoms with van der Waals surface area (Å²) in [6.45, 7) is 4.04. The fourth-order valence-corrected chi connectivity index (χ4v) is 3.19. The number of nitrogens with zero attached hydrogens (tertiary/aromatic N) is 2. The molecule has 0 spiro atoms. The van der Waals surface area contributed by atoms with Crippen molar-refractivity contribution < 1.29 is 4.74 Å². The highest BCUT2D eigenvalue weighted by molar-refractivity contribution is 5.94. The van der Waals surface area contributed by atoms with Crippen LogP contribution in [0.4, 0.5) is 5.69 Å². The summed E-state index contributed by atoms with van der Waals surface area (Å²) in [6.07, 6.45) is 3.66. The minimum atomic E-state index is 0.124. The minimum Gasteiger partial charge on any atom is -0.491 e. The molecular weight excluding hydrogens is 334 g/mol. The summed E-state index contributed by atoms with van der Waals surface area (Å²) in [7, 11) is 0. The van der Waals surface area contributed by atoms with Gasteiger partial charge in [0.1, 0.15) is 5.75 Å². The van der Waals surface area contributed by atoms with Crippen LogP contribution in [0, 0.1) is 0 Å². The Kier molecular flexibility index (Phi) is 4.47. The molecule has 0 amide bonds. The Morgan fingerprint density at radius 3 is 2.59 bits per heavy atom. The van der Waals surface area contributed by atoms with Crippen LogP contribution < -0.4 is 10.5 Å². The maximum absolute atomic E-state index is 6.15. The Bertz CT molecular complexity index is 1110. The first-order valence-electron chi connectivity index (χ1n) is 8.98. The van der Waals surface area contributed by atoms with Gasteiger partial charge in [-0.15, -0.1) is 0 Å². The number of nitrogens with two attached hydrogens (primary N) is 1. The van der Waals surface area contributed by atoms with Crippen LogP contribution in [0.25, 0.3) is 33.3 Å². The molecule has 4 aromatic rings. The first-order chi connectivity index (χ1) is 13.1. The molecule has 0 unspecified atom stereocenters. The van der Waals surface area contributed by atoms with Gasteiger partial charge in [0.25, 0.3) is 0 Å². The van der Waals surface area contributed by atoms with Crippen molar-refractivity contribution in [3.63, 3.8) is 0 Å². The summed E-state index contributed by atoms with van der Waals surface area (Å²) in [5.41, 5.74) is 11.8. The number of hydrogen-bond donors (Lipinski definition) is 1. The van der Waals surface area contributed by atoms with Crippen LogP contribution >= 0.6 is 0 Å². The maximum Gasteiger partial charge on any atom is 0.120 e. The van der Waals surface area contributed by atoms with Crippen LogP contribution in [0.15, 0.2) is 73.1 Å². The molecule has 134 valence electrons. The third kappa shape index (κ3) is 3.47. The molecule has 0 saturated heterocycles. The third-order valence-electron chi connectivity index (χ3n) is 4.37. The number of anilines is 1. The highest BCUT2D eigenvalue weighted by Crippen LogP contribution is 2.34. The van der Waals surface area contributed by atoms with Gasteiger partial charge in [0.15, 0.2) is 0 Å².